The first-order valence-corrected chi connectivity index (χ1v) is 8.32. The second-order valence-corrected chi connectivity index (χ2v) is 6.36. The number of rotatable bonds is 5. The van der Waals surface area contributed by atoms with Crippen LogP contribution in [-0.2, 0) is 17.4 Å². The summed E-state index contributed by atoms with van der Waals surface area (Å²) in [5, 5.41) is 2.79. The topological polar surface area (TPSA) is 54.9 Å². The lowest BCUT2D eigenvalue weighted by atomic mass is 10.0. The Bertz CT molecular complexity index is 823. The molecule has 0 spiro atoms. The summed E-state index contributed by atoms with van der Waals surface area (Å²) in [6, 6.07) is 4.00. The molecule has 144 valence electrons. The van der Waals surface area contributed by atoms with Crippen molar-refractivity contribution in [3.05, 3.63) is 47.7 Å². The Kier molecular flexibility index (Phi) is 5.50. The molecule has 1 aliphatic rings. The van der Waals surface area contributed by atoms with Gasteiger partial charge in [0, 0.05) is 42.9 Å². The lowest BCUT2D eigenvalue weighted by Gasteiger charge is -2.10. The third kappa shape index (κ3) is 4.85. The standard InChI is InChI=1S/C18H16F5N3O/c19-12-7-15(25-9-12)16(27)4-2-13-5-10(6-17(20)26-13)14-3-1-11(8-24-14)18(21,22)23/h1,3,5-6,8,12,15,25H,2,4,7,9H2/t12-,15+/m1/s1. The molecule has 0 amide bonds. The van der Waals surface area contributed by atoms with Crippen molar-refractivity contribution in [1.82, 2.24) is 15.3 Å². The summed E-state index contributed by atoms with van der Waals surface area (Å²) in [6.07, 6.45) is -4.57. The smallest absolute Gasteiger partial charge is 0.304 e. The van der Waals surface area contributed by atoms with Crippen molar-refractivity contribution in [1.29, 1.82) is 0 Å². The molecule has 0 bridgehead atoms. The molecule has 1 N–H and O–H groups in total. The maximum Gasteiger partial charge on any atom is 0.417 e. The lowest BCUT2D eigenvalue weighted by Crippen LogP contribution is -2.30. The number of aromatic nitrogens is 2. The number of nitrogens with one attached hydrogen (secondary N) is 1. The van der Waals surface area contributed by atoms with Crippen molar-refractivity contribution in [2.75, 3.05) is 6.54 Å². The highest BCUT2D eigenvalue weighted by Crippen LogP contribution is 2.30. The molecule has 27 heavy (non-hydrogen) atoms. The number of hydrogen-bond donors (Lipinski definition) is 1. The van der Waals surface area contributed by atoms with E-state index in [2.05, 4.69) is 15.3 Å². The average molecular weight is 385 g/mol. The van der Waals surface area contributed by atoms with Crippen LogP contribution < -0.4 is 5.32 Å². The number of Topliss-reactive ketones (excluding diaryl/α,β-unsaturated/α-hetero) is 1. The molecule has 3 rings (SSSR count). The van der Waals surface area contributed by atoms with Crippen LogP contribution in [0.15, 0.2) is 30.5 Å². The van der Waals surface area contributed by atoms with Gasteiger partial charge in [0.05, 0.1) is 17.3 Å². The summed E-state index contributed by atoms with van der Waals surface area (Å²) in [6.45, 7) is 0.137. The number of ketones is 1. The Balaban J connectivity index is 1.71. The minimum Gasteiger partial charge on any atom is -0.304 e. The van der Waals surface area contributed by atoms with Gasteiger partial charge in [0.2, 0.25) is 5.95 Å². The number of pyridine rings is 2. The van der Waals surface area contributed by atoms with Crippen LogP contribution in [0.5, 0.6) is 0 Å². The largest absolute Gasteiger partial charge is 0.417 e. The predicted octanol–water partition coefficient (Wildman–Crippen LogP) is 3.50. The second kappa shape index (κ2) is 7.67. The first-order valence-electron chi connectivity index (χ1n) is 8.32. The number of alkyl halides is 4. The minimum atomic E-state index is -4.51. The van der Waals surface area contributed by atoms with Crippen LogP contribution in [0.3, 0.4) is 0 Å². The number of hydrogen-bond acceptors (Lipinski definition) is 4. The van der Waals surface area contributed by atoms with Gasteiger partial charge in [-0.1, -0.05) is 0 Å². The molecule has 0 aliphatic carbocycles. The lowest BCUT2D eigenvalue weighted by molar-refractivity contribution is -0.137. The summed E-state index contributed by atoms with van der Waals surface area (Å²) in [7, 11) is 0. The molecule has 1 aliphatic heterocycles. The molecular formula is C18H16F5N3O. The minimum absolute atomic E-state index is 0.0563. The van der Waals surface area contributed by atoms with E-state index in [0.717, 1.165) is 18.2 Å². The summed E-state index contributed by atoms with van der Waals surface area (Å²) in [5.41, 5.74) is -0.201. The maximum atomic E-state index is 13.8. The molecule has 0 saturated carbocycles. The van der Waals surface area contributed by atoms with E-state index in [4.69, 9.17) is 0 Å². The van der Waals surface area contributed by atoms with Crippen molar-refractivity contribution < 1.29 is 26.7 Å². The van der Waals surface area contributed by atoms with Gasteiger partial charge < -0.3 is 5.32 Å². The van der Waals surface area contributed by atoms with Gasteiger partial charge in [0.15, 0.2) is 0 Å². The SMILES string of the molecule is O=C(CCc1cc(-c2ccc(C(F)(F)F)cn2)cc(F)n1)[C@@H]1C[C@@H](F)CN1. The summed E-state index contributed by atoms with van der Waals surface area (Å²) >= 11 is 0. The van der Waals surface area contributed by atoms with Crippen molar-refractivity contribution >= 4 is 5.78 Å². The van der Waals surface area contributed by atoms with Crippen LogP contribution in [0.4, 0.5) is 22.0 Å². The van der Waals surface area contributed by atoms with E-state index in [1.807, 2.05) is 0 Å². The van der Waals surface area contributed by atoms with Crippen LogP contribution in [0.1, 0.15) is 24.1 Å². The molecule has 2 aromatic heterocycles. The Morgan fingerprint density at radius 1 is 1.26 bits per heavy atom. The zero-order chi connectivity index (χ0) is 19.6. The molecule has 9 heteroatoms. The predicted molar refractivity (Wildman–Crippen MR) is 87.1 cm³/mol. The maximum absolute atomic E-state index is 13.8. The fourth-order valence-corrected chi connectivity index (χ4v) is 2.92. The molecule has 2 atom stereocenters. The van der Waals surface area contributed by atoms with Gasteiger partial charge >= 0.3 is 6.18 Å². The van der Waals surface area contributed by atoms with Gasteiger partial charge in [-0.05, 0) is 24.6 Å². The zero-order valence-electron chi connectivity index (χ0n) is 14.1. The van der Waals surface area contributed by atoms with E-state index in [1.165, 1.54) is 6.07 Å². The van der Waals surface area contributed by atoms with Crippen LogP contribution in [0, 0.1) is 5.95 Å². The molecular weight excluding hydrogens is 369 g/mol. The van der Waals surface area contributed by atoms with E-state index >= 15 is 0 Å². The Morgan fingerprint density at radius 2 is 2.04 bits per heavy atom. The molecule has 2 aromatic rings. The van der Waals surface area contributed by atoms with Crippen LogP contribution in [0.2, 0.25) is 0 Å². The monoisotopic (exact) mass is 385 g/mol. The third-order valence-electron chi connectivity index (χ3n) is 4.33. The first kappa shape index (κ1) is 19.3. The van der Waals surface area contributed by atoms with Crippen molar-refractivity contribution in [2.24, 2.45) is 0 Å². The van der Waals surface area contributed by atoms with Crippen LogP contribution >= 0.6 is 0 Å². The number of carbonyl (C=O) groups excluding carboxylic acids is 1. The molecule has 1 fully saturated rings. The number of nitrogens with zero attached hydrogens (tertiary/aromatic N) is 2. The van der Waals surface area contributed by atoms with Gasteiger partial charge in [-0.2, -0.15) is 17.6 Å². The molecule has 0 aromatic carbocycles. The van der Waals surface area contributed by atoms with E-state index in [1.54, 1.807) is 0 Å². The second-order valence-electron chi connectivity index (χ2n) is 6.36. The highest BCUT2D eigenvalue weighted by atomic mass is 19.4. The third-order valence-corrected chi connectivity index (χ3v) is 4.33. The van der Waals surface area contributed by atoms with Gasteiger partial charge in [-0.3, -0.25) is 9.78 Å². The molecule has 3 heterocycles. The number of aryl methyl sites for hydroxylation is 1. The Morgan fingerprint density at radius 3 is 2.63 bits per heavy atom. The highest BCUT2D eigenvalue weighted by molar-refractivity contribution is 5.84. The highest BCUT2D eigenvalue weighted by Gasteiger charge is 2.31. The summed E-state index contributed by atoms with van der Waals surface area (Å²) in [5.74, 6) is -1.00. The van der Waals surface area contributed by atoms with Crippen molar-refractivity contribution in [2.45, 2.75) is 37.7 Å². The molecule has 0 radical (unpaired) electrons. The van der Waals surface area contributed by atoms with Crippen LogP contribution in [0.25, 0.3) is 11.3 Å². The normalized spacial score (nSPS) is 20.0. The first-order chi connectivity index (χ1) is 12.7. The van der Waals surface area contributed by atoms with Crippen molar-refractivity contribution in [3.8, 4) is 11.3 Å². The fraction of sp³-hybridized carbons (Fsp3) is 0.389. The van der Waals surface area contributed by atoms with E-state index in [-0.39, 0.29) is 48.5 Å². The summed E-state index contributed by atoms with van der Waals surface area (Å²) < 4.78 is 64.8. The molecule has 1 saturated heterocycles. The van der Waals surface area contributed by atoms with E-state index in [0.29, 0.717) is 6.20 Å². The van der Waals surface area contributed by atoms with Gasteiger partial charge in [0.25, 0.3) is 0 Å². The van der Waals surface area contributed by atoms with Crippen LogP contribution in [-0.4, -0.2) is 34.5 Å². The van der Waals surface area contributed by atoms with Gasteiger partial charge in [-0.15, -0.1) is 0 Å². The van der Waals surface area contributed by atoms with Gasteiger partial charge in [-0.25, -0.2) is 9.37 Å². The Hall–Kier alpha value is -2.42. The van der Waals surface area contributed by atoms with Gasteiger partial charge in [0.1, 0.15) is 12.0 Å². The fourth-order valence-electron chi connectivity index (χ4n) is 2.92. The molecule has 4 nitrogen and oxygen atoms in total. The Labute approximate surface area is 151 Å². The van der Waals surface area contributed by atoms with Crippen molar-refractivity contribution in [3.63, 3.8) is 0 Å². The van der Waals surface area contributed by atoms with E-state index in [9.17, 15) is 26.7 Å². The zero-order valence-corrected chi connectivity index (χ0v) is 14.1. The number of halogens is 5. The quantitative estimate of drug-likeness (QED) is 0.632. The average Bonchev–Trinajstić information content (AvgIpc) is 3.05. The number of carbonyl (C=O) groups is 1. The van der Waals surface area contributed by atoms with E-state index < -0.39 is 29.9 Å². The summed E-state index contributed by atoms with van der Waals surface area (Å²) in [4.78, 5) is 19.5. The molecule has 0 unspecified atom stereocenters.